The molecule has 22 heavy (non-hydrogen) atoms. The maximum absolute atomic E-state index is 11.7. The predicted octanol–water partition coefficient (Wildman–Crippen LogP) is 0.325. The lowest BCUT2D eigenvalue weighted by Gasteiger charge is -2.15. The van der Waals surface area contributed by atoms with Gasteiger partial charge in [-0.25, -0.2) is 13.2 Å². The van der Waals surface area contributed by atoms with Crippen molar-refractivity contribution in [2.24, 2.45) is 0 Å². The minimum Gasteiger partial charge on any atom is -0.478 e. The van der Waals surface area contributed by atoms with Gasteiger partial charge in [-0.05, 0) is 31.0 Å². The van der Waals surface area contributed by atoms with Crippen molar-refractivity contribution >= 4 is 21.9 Å². The molecular weight excluding hydrogens is 308 g/mol. The van der Waals surface area contributed by atoms with Crippen LogP contribution in [0.4, 0.5) is 0 Å². The first-order valence-corrected chi connectivity index (χ1v) is 8.40. The van der Waals surface area contributed by atoms with Gasteiger partial charge in [0.1, 0.15) is 0 Å². The summed E-state index contributed by atoms with van der Waals surface area (Å²) in [5, 5.41) is 11.5. The zero-order valence-corrected chi connectivity index (χ0v) is 13.4. The molecule has 0 heterocycles. The van der Waals surface area contributed by atoms with Crippen LogP contribution in [0.3, 0.4) is 0 Å². The molecule has 8 heteroatoms. The van der Waals surface area contributed by atoms with E-state index in [9.17, 15) is 18.0 Å². The number of rotatable bonds is 8. The highest BCUT2D eigenvalue weighted by Crippen LogP contribution is 2.05. The van der Waals surface area contributed by atoms with Crippen LogP contribution >= 0.6 is 0 Å². The summed E-state index contributed by atoms with van der Waals surface area (Å²) in [6.45, 7) is 1.59. The molecule has 0 saturated carbocycles. The molecule has 0 aliphatic carbocycles. The van der Waals surface area contributed by atoms with Gasteiger partial charge >= 0.3 is 5.97 Å². The molecule has 1 amide bonds. The molecular formula is C14H20N2O5S. The van der Waals surface area contributed by atoms with Crippen molar-refractivity contribution in [1.29, 1.82) is 0 Å². The van der Waals surface area contributed by atoms with Gasteiger partial charge in [0.05, 0.1) is 17.9 Å². The number of benzene rings is 1. The average Bonchev–Trinajstić information content (AvgIpc) is 2.47. The molecule has 0 spiro atoms. The number of hydrogen-bond donors (Lipinski definition) is 2. The highest BCUT2D eigenvalue weighted by Gasteiger charge is 2.17. The summed E-state index contributed by atoms with van der Waals surface area (Å²) < 4.78 is 24.1. The number of carbonyl (C=O) groups is 2. The van der Waals surface area contributed by atoms with Crippen LogP contribution in [-0.2, 0) is 21.2 Å². The summed E-state index contributed by atoms with van der Waals surface area (Å²) in [6, 6.07) is 6.45. The Morgan fingerprint density at radius 3 is 2.59 bits per heavy atom. The molecule has 7 nitrogen and oxygen atoms in total. The Hall–Kier alpha value is -1.93. The van der Waals surface area contributed by atoms with E-state index in [-0.39, 0.29) is 17.9 Å². The van der Waals surface area contributed by atoms with Crippen LogP contribution in [0.25, 0.3) is 0 Å². The van der Waals surface area contributed by atoms with Gasteiger partial charge in [0.2, 0.25) is 15.9 Å². The van der Waals surface area contributed by atoms with Crippen molar-refractivity contribution < 1.29 is 23.1 Å². The molecule has 0 bridgehead atoms. The second-order valence-corrected chi connectivity index (χ2v) is 7.13. The van der Waals surface area contributed by atoms with Gasteiger partial charge < -0.3 is 10.4 Å². The van der Waals surface area contributed by atoms with E-state index in [0.29, 0.717) is 13.0 Å². The normalized spacial score (nSPS) is 11.4. The van der Waals surface area contributed by atoms with Crippen molar-refractivity contribution in [3.8, 4) is 0 Å². The molecule has 0 unspecified atom stereocenters. The number of nitrogens with one attached hydrogen (secondary N) is 1. The molecule has 0 aliphatic rings. The molecule has 1 rings (SSSR count). The molecule has 0 saturated heterocycles. The first kappa shape index (κ1) is 18.1. The third-order valence-electron chi connectivity index (χ3n) is 3.12. The zero-order valence-electron chi connectivity index (χ0n) is 12.6. The lowest BCUT2D eigenvalue weighted by Crippen LogP contribution is -2.39. The van der Waals surface area contributed by atoms with Crippen LogP contribution in [0.1, 0.15) is 22.8 Å². The van der Waals surface area contributed by atoms with Crippen molar-refractivity contribution in [1.82, 2.24) is 9.62 Å². The average molecular weight is 328 g/mol. The first-order chi connectivity index (χ1) is 10.3. The summed E-state index contributed by atoms with van der Waals surface area (Å²) in [6.07, 6.45) is 0.469. The van der Waals surface area contributed by atoms with Crippen LogP contribution in [0, 0.1) is 0 Å². The first-order valence-electron chi connectivity index (χ1n) is 6.79. The minimum absolute atomic E-state index is 0.0568. The van der Waals surface area contributed by atoms with Gasteiger partial charge in [-0.15, -0.1) is 0 Å². The quantitative estimate of drug-likeness (QED) is 0.715. The van der Waals surface area contributed by atoms with Gasteiger partial charge in [0.15, 0.2) is 0 Å². The Kier molecular flexibility index (Phi) is 6.51. The van der Waals surface area contributed by atoms with E-state index >= 15 is 0 Å². The molecule has 122 valence electrons. The Bertz CT molecular complexity index is 642. The summed E-state index contributed by atoms with van der Waals surface area (Å²) in [5.41, 5.74) is 0.979. The van der Waals surface area contributed by atoms with Crippen LogP contribution in [0.15, 0.2) is 24.3 Å². The third kappa shape index (κ3) is 5.45. The second-order valence-electron chi connectivity index (χ2n) is 4.76. The fourth-order valence-corrected chi connectivity index (χ4v) is 2.54. The number of sulfonamides is 1. The Labute approximate surface area is 130 Å². The number of nitrogens with zero attached hydrogens (tertiary/aromatic N) is 1. The molecule has 0 aliphatic heterocycles. The molecule has 1 aromatic rings. The topological polar surface area (TPSA) is 104 Å². The van der Waals surface area contributed by atoms with Crippen molar-refractivity contribution in [2.45, 2.75) is 13.3 Å². The van der Waals surface area contributed by atoms with Crippen molar-refractivity contribution in [3.63, 3.8) is 0 Å². The van der Waals surface area contributed by atoms with Crippen LogP contribution in [0.2, 0.25) is 0 Å². The molecule has 2 N–H and O–H groups in total. The Morgan fingerprint density at radius 1 is 1.32 bits per heavy atom. The lowest BCUT2D eigenvalue weighted by atomic mass is 10.1. The van der Waals surface area contributed by atoms with E-state index in [1.165, 1.54) is 20.0 Å². The van der Waals surface area contributed by atoms with E-state index in [4.69, 9.17) is 5.11 Å². The van der Waals surface area contributed by atoms with Gasteiger partial charge in [-0.1, -0.05) is 12.1 Å². The number of likely N-dealkylation sites (N-methyl/N-ethyl adjacent to an activating group) is 1. The van der Waals surface area contributed by atoms with Gasteiger partial charge in [-0.3, -0.25) is 4.79 Å². The fraction of sp³-hybridized carbons (Fsp3) is 0.429. The smallest absolute Gasteiger partial charge is 0.335 e. The number of aromatic carboxylic acids is 1. The Morgan fingerprint density at radius 2 is 2.00 bits per heavy atom. The van der Waals surface area contributed by atoms with E-state index in [2.05, 4.69) is 5.32 Å². The molecule has 1 aromatic carbocycles. The number of carboxylic acids is 1. The monoisotopic (exact) mass is 328 g/mol. The van der Waals surface area contributed by atoms with E-state index in [0.717, 1.165) is 9.87 Å². The maximum atomic E-state index is 11.7. The van der Waals surface area contributed by atoms with Crippen molar-refractivity contribution in [3.05, 3.63) is 35.4 Å². The molecule has 0 radical (unpaired) electrons. The largest absolute Gasteiger partial charge is 0.478 e. The highest BCUT2D eigenvalue weighted by molar-refractivity contribution is 7.89. The molecule has 0 atom stereocenters. The SMILES string of the molecule is CCS(=O)(=O)N(C)CC(=O)NCCc1cccc(C(=O)O)c1. The van der Waals surface area contributed by atoms with E-state index < -0.39 is 21.9 Å². The number of carbonyl (C=O) groups excluding carboxylic acids is 1. The lowest BCUT2D eigenvalue weighted by molar-refractivity contribution is -0.121. The highest BCUT2D eigenvalue weighted by atomic mass is 32.2. The molecule has 0 aromatic heterocycles. The predicted molar refractivity (Wildman–Crippen MR) is 82.2 cm³/mol. The van der Waals surface area contributed by atoms with Gasteiger partial charge in [-0.2, -0.15) is 4.31 Å². The minimum atomic E-state index is -3.38. The van der Waals surface area contributed by atoms with Crippen molar-refractivity contribution in [2.75, 3.05) is 25.9 Å². The maximum Gasteiger partial charge on any atom is 0.335 e. The summed E-state index contributed by atoms with van der Waals surface area (Å²) >= 11 is 0. The number of hydrogen-bond acceptors (Lipinski definition) is 4. The van der Waals surface area contributed by atoms with Crippen LogP contribution in [-0.4, -0.2) is 55.6 Å². The fourth-order valence-electron chi connectivity index (χ4n) is 1.78. The molecule has 0 fully saturated rings. The summed E-state index contributed by atoms with van der Waals surface area (Å²) in [7, 11) is -2.02. The second kappa shape index (κ2) is 7.90. The zero-order chi connectivity index (χ0) is 16.8. The van der Waals surface area contributed by atoms with E-state index in [1.807, 2.05) is 0 Å². The van der Waals surface area contributed by atoms with Gasteiger partial charge in [0, 0.05) is 13.6 Å². The van der Waals surface area contributed by atoms with Crippen LogP contribution < -0.4 is 5.32 Å². The number of amides is 1. The standard InChI is InChI=1S/C14H20N2O5S/c1-3-22(20,21)16(2)10-13(17)15-8-7-11-5-4-6-12(9-11)14(18)19/h4-6,9H,3,7-8,10H2,1-2H3,(H,15,17)(H,18,19). The number of carboxylic acid groups (broad SMARTS) is 1. The third-order valence-corrected chi connectivity index (χ3v) is 4.92. The Balaban J connectivity index is 2.46. The van der Waals surface area contributed by atoms with Gasteiger partial charge in [0.25, 0.3) is 0 Å². The summed E-state index contributed by atoms with van der Waals surface area (Å²) in [4.78, 5) is 22.5. The van der Waals surface area contributed by atoms with Crippen LogP contribution in [0.5, 0.6) is 0 Å². The summed E-state index contributed by atoms with van der Waals surface area (Å²) in [5.74, 6) is -1.45. The van der Waals surface area contributed by atoms with E-state index in [1.54, 1.807) is 18.2 Å².